The Kier molecular flexibility index (Phi) is 7.79. The predicted molar refractivity (Wildman–Crippen MR) is 141 cm³/mol. The van der Waals surface area contributed by atoms with Gasteiger partial charge in [-0.3, -0.25) is 15.1 Å². The van der Waals surface area contributed by atoms with E-state index in [0.717, 1.165) is 24.2 Å². The van der Waals surface area contributed by atoms with E-state index in [9.17, 15) is 9.59 Å². The van der Waals surface area contributed by atoms with Gasteiger partial charge in [-0.05, 0) is 44.0 Å². The molecule has 2 aromatic carbocycles. The van der Waals surface area contributed by atoms with Crippen molar-refractivity contribution >= 4 is 17.5 Å². The fourth-order valence-electron chi connectivity index (χ4n) is 3.74. The van der Waals surface area contributed by atoms with Crippen LogP contribution in [0.15, 0.2) is 65.5 Å². The number of aromatic amines is 1. The topological polar surface area (TPSA) is 114 Å². The lowest BCUT2D eigenvalue weighted by Gasteiger charge is -2.11. The number of ether oxygens (including phenoxy) is 1. The summed E-state index contributed by atoms with van der Waals surface area (Å²) in [6.45, 7) is 6.46. The highest BCUT2D eigenvalue weighted by Crippen LogP contribution is 2.24. The van der Waals surface area contributed by atoms with E-state index < -0.39 is 6.03 Å². The zero-order valence-electron chi connectivity index (χ0n) is 20.7. The highest BCUT2D eigenvalue weighted by molar-refractivity contribution is 5.99. The van der Waals surface area contributed by atoms with Crippen LogP contribution in [0.3, 0.4) is 0 Å². The first-order valence-electron chi connectivity index (χ1n) is 12.0. The van der Waals surface area contributed by atoms with E-state index in [-0.39, 0.29) is 11.5 Å². The Morgan fingerprint density at radius 1 is 1.06 bits per heavy atom. The standard InChI is InChI=1S/C27H30N6O3/c1-4-6-16-36-21-14-12-20(13-15-21)29-27(35)30-24-17-23(19-10-8-7-9-11-19)32-33(24)26-28-18(3)22(5-2)25(34)31-26/h7-15,17H,4-6,16H2,1-3H3,(H,28,31,34)(H2,29,30,35). The smallest absolute Gasteiger partial charge is 0.324 e. The molecule has 0 saturated carbocycles. The molecule has 0 aliphatic rings. The lowest BCUT2D eigenvalue weighted by Crippen LogP contribution is -2.24. The van der Waals surface area contributed by atoms with Gasteiger partial charge in [0, 0.05) is 28.6 Å². The largest absolute Gasteiger partial charge is 0.494 e. The van der Waals surface area contributed by atoms with Crippen LogP contribution >= 0.6 is 0 Å². The summed E-state index contributed by atoms with van der Waals surface area (Å²) in [5, 5.41) is 10.3. The molecule has 9 nitrogen and oxygen atoms in total. The number of urea groups is 1. The number of aryl methyl sites for hydroxylation is 1. The Balaban J connectivity index is 1.59. The van der Waals surface area contributed by atoms with Crippen LogP contribution in [0.5, 0.6) is 5.75 Å². The lowest BCUT2D eigenvalue weighted by atomic mass is 10.2. The van der Waals surface area contributed by atoms with Crippen molar-refractivity contribution < 1.29 is 9.53 Å². The van der Waals surface area contributed by atoms with E-state index in [0.29, 0.717) is 41.5 Å². The average molecular weight is 487 g/mol. The summed E-state index contributed by atoms with van der Waals surface area (Å²) in [4.78, 5) is 32.8. The maximum atomic E-state index is 12.9. The van der Waals surface area contributed by atoms with Gasteiger partial charge in [0.1, 0.15) is 11.6 Å². The minimum Gasteiger partial charge on any atom is -0.494 e. The Morgan fingerprint density at radius 2 is 1.81 bits per heavy atom. The Labute approximate surface area is 209 Å². The highest BCUT2D eigenvalue weighted by Gasteiger charge is 2.17. The number of rotatable bonds is 9. The predicted octanol–water partition coefficient (Wildman–Crippen LogP) is 5.32. The van der Waals surface area contributed by atoms with Crippen LogP contribution in [-0.4, -0.2) is 32.4 Å². The number of carbonyl (C=O) groups is 1. The summed E-state index contributed by atoms with van der Waals surface area (Å²) in [5.74, 6) is 1.33. The fourth-order valence-corrected chi connectivity index (χ4v) is 3.74. The van der Waals surface area contributed by atoms with Gasteiger partial charge in [0.2, 0.25) is 5.95 Å². The first-order chi connectivity index (χ1) is 17.5. The summed E-state index contributed by atoms with van der Waals surface area (Å²) in [6, 6.07) is 18.0. The molecule has 2 aromatic heterocycles. The molecule has 0 unspecified atom stereocenters. The van der Waals surface area contributed by atoms with Crippen LogP contribution < -0.4 is 20.9 Å². The Hall–Kier alpha value is -4.40. The third kappa shape index (κ3) is 5.80. The maximum Gasteiger partial charge on any atom is 0.324 e. The second-order valence-corrected chi connectivity index (χ2v) is 8.31. The Bertz CT molecular complexity index is 1380. The van der Waals surface area contributed by atoms with Gasteiger partial charge >= 0.3 is 6.03 Å². The molecule has 3 N–H and O–H groups in total. The number of carbonyl (C=O) groups excluding carboxylic acids is 1. The van der Waals surface area contributed by atoms with Crippen LogP contribution in [0, 0.1) is 6.92 Å². The molecule has 0 radical (unpaired) electrons. The Morgan fingerprint density at radius 3 is 2.47 bits per heavy atom. The molecule has 0 saturated heterocycles. The van der Waals surface area contributed by atoms with Gasteiger partial charge in [0.25, 0.3) is 5.56 Å². The molecule has 2 amide bonds. The first kappa shape index (κ1) is 24.7. The molecule has 0 fully saturated rings. The summed E-state index contributed by atoms with van der Waals surface area (Å²) in [7, 11) is 0. The number of nitrogens with one attached hydrogen (secondary N) is 3. The third-order valence-electron chi connectivity index (χ3n) is 5.66. The van der Waals surface area contributed by atoms with E-state index in [1.54, 1.807) is 25.1 Å². The van der Waals surface area contributed by atoms with Crippen molar-refractivity contribution in [3.8, 4) is 23.0 Å². The number of anilines is 2. The van der Waals surface area contributed by atoms with Crippen LogP contribution in [0.2, 0.25) is 0 Å². The molecular weight excluding hydrogens is 456 g/mol. The molecule has 0 aliphatic carbocycles. The zero-order valence-corrected chi connectivity index (χ0v) is 20.7. The van der Waals surface area contributed by atoms with Crippen molar-refractivity contribution in [1.82, 2.24) is 19.7 Å². The van der Waals surface area contributed by atoms with Crippen molar-refractivity contribution in [1.29, 1.82) is 0 Å². The van der Waals surface area contributed by atoms with Crippen molar-refractivity contribution in [2.24, 2.45) is 0 Å². The van der Waals surface area contributed by atoms with E-state index in [4.69, 9.17) is 4.74 Å². The van der Waals surface area contributed by atoms with Gasteiger partial charge in [-0.15, -0.1) is 0 Å². The number of hydrogen-bond donors (Lipinski definition) is 3. The van der Waals surface area contributed by atoms with Gasteiger partial charge in [0.05, 0.1) is 12.3 Å². The third-order valence-corrected chi connectivity index (χ3v) is 5.66. The molecule has 0 spiro atoms. The second-order valence-electron chi connectivity index (χ2n) is 8.31. The molecule has 4 aromatic rings. The van der Waals surface area contributed by atoms with Gasteiger partial charge in [0.15, 0.2) is 0 Å². The van der Waals surface area contributed by atoms with Crippen LogP contribution in [-0.2, 0) is 6.42 Å². The number of hydrogen-bond acceptors (Lipinski definition) is 5. The number of nitrogens with zero attached hydrogens (tertiary/aromatic N) is 3. The van der Waals surface area contributed by atoms with E-state index in [1.165, 1.54) is 4.68 Å². The average Bonchev–Trinajstić information content (AvgIpc) is 3.29. The number of H-pyrrole nitrogens is 1. The summed E-state index contributed by atoms with van der Waals surface area (Å²) < 4.78 is 7.10. The van der Waals surface area contributed by atoms with Gasteiger partial charge in [-0.25, -0.2) is 9.78 Å². The van der Waals surface area contributed by atoms with Crippen molar-refractivity contribution in [3.05, 3.63) is 82.3 Å². The van der Waals surface area contributed by atoms with Gasteiger partial charge in [-0.1, -0.05) is 50.6 Å². The molecule has 36 heavy (non-hydrogen) atoms. The second kappa shape index (κ2) is 11.4. The number of benzene rings is 2. The molecule has 0 bridgehead atoms. The molecular formula is C27H30N6O3. The summed E-state index contributed by atoms with van der Waals surface area (Å²) in [5.41, 5.74) is 3.10. The minimum absolute atomic E-state index is 0.223. The number of unbranched alkanes of at least 4 members (excludes halogenated alkanes) is 1. The van der Waals surface area contributed by atoms with Crippen LogP contribution in [0.25, 0.3) is 17.2 Å². The molecule has 186 valence electrons. The van der Waals surface area contributed by atoms with E-state index in [2.05, 4.69) is 32.6 Å². The zero-order chi connectivity index (χ0) is 25.5. The van der Waals surface area contributed by atoms with Crippen molar-refractivity contribution in [2.45, 2.75) is 40.0 Å². The number of aromatic nitrogens is 4. The quantitative estimate of drug-likeness (QED) is 0.277. The fraction of sp³-hybridized carbons (Fsp3) is 0.259. The molecule has 9 heteroatoms. The normalized spacial score (nSPS) is 10.8. The molecule has 2 heterocycles. The summed E-state index contributed by atoms with van der Waals surface area (Å²) >= 11 is 0. The molecule has 0 aliphatic heterocycles. The van der Waals surface area contributed by atoms with Crippen LogP contribution in [0.1, 0.15) is 37.9 Å². The number of amides is 2. The monoisotopic (exact) mass is 486 g/mol. The minimum atomic E-state index is -0.459. The summed E-state index contributed by atoms with van der Waals surface area (Å²) in [6.07, 6.45) is 2.62. The maximum absolute atomic E-state index is 12.9. The van der Waals surface area contributed by atoms with Crippen molar-refractivity contribution in [2.75, 3.05) is 17.2 Å². The van der Waals surface area contributed by atoms with Gasteiger partial charge in [-0.2, -0.15) is 9.78 Å². The van der Waals surface area contributed by atoms with Gasteiger partial charge < -0.3 is 10.1 Å². The van der Waals surface area contributed by atoms with Crippen molar-refractivity contribution in [3.63, 3.8) is 0 Å². The molecule has 4 rings (SSSR count). The first-order valence-corrected chi connectivity index (χ1v) is 12.0. The SMILES string of the molecule is CCCCOc1ccc(NC(=O)Nc2cc(-c3ccccc3)nn2-c2nc(C)c(CC)c(=O)[nH]2)cc1. The van der Waals surface area contributed by atoms with E-state index in [1.807, 2.05) is 49.4 Å². The molecule has 0 atom stereocenters. The van der Waals surface area contributed by atoms with Crippen LogP contribution in [0.4, 0.5) is 16.3 Å². The van der Waals surface area contributed by atoms with E-state index >= 15 is 0 Å². The highest BCUT2D eigenvalue weighted by atomic mass is 16.5. The lowest BCUT2D eigenvalue weighted by molar-refractivity contribution is 0.262.